The van der Waals surface area contributed by atoms with Gasteiger partial charge in [-0.05, 0) is 0 Å². The van der Waals surface area contributed by atoms with Gasteiger partial charge in [-0.3, -0.25) is 14.9 Å². The molecule has 0 aromatic carbocycles. The zero-order valence-corrected chi connectivity index (χ0v) is 7.58. The van der Waals surface area contributed by atoms with Crippen molar-refractivity contribution < 1.29 is 9.59 Å². The topological polar surface area (TPSA) is 110 Å². The van der Waals surface area contributed by atoms with E-state index in [4.69, 9.17) is 17.3 Å². The lowest BCUT2D eigenvalue weighted by Crippen LogP contribution is -2.08. The van der Waals surface area contributed by atoms with Crippen LogP contribution in [0.4, 0.5) is 17.5 Å². The molecule has 74 valence electrons. The zero-order chi connectivity index (χ0) is 10.6. The number of nitrogens with one attached hydrogen (secondary N) is 2. The summed E-state index contributed by atoms with van der Waals surface area (Å²) in [4.78, 5) is 27.6. The molecule has 2 amide bonds. The van der Waals surface area contributed by atoms with Gasteiger partial charge in [0.05, 0.1) is 0 Å². The van der Waals surface area contributed by atoms with Crippen LogP contribution in [0.15, 0.2) is 0 Å². The van der Waals surface area contributed by atoms with Crippen molar-refractivity contribution in [1.29, 1.82) is 0 Å². The maximum Gasteiger partial charge on any atom is 0.232 e. The van der Waals surface area contributed by atoms with Gasteiger partial charge in [-0.2, -0.15) is 9.97 Å². The Bertz CT molecular complexity index is 369. The Kier molecular flexibility index (Phi) is 3.19. The van der Waals surface area contributed by atoms with E-state index >= 15 is 0 Å². The molecule has 0 fully saturated rings. The largest absolute Gasteiger partial charge is 0.393 e. The summed E-state index contributed by atoms with van der Waals surface area (Å²) >= 11 is 5.60. The second kappa shape index (κ2) is 4.38. The van der Waals surface area contributed by atoms with Crippen molar-refractivity contribution in [3.63, 3.8) is 0 Å². The average Bonchev–Trinajstić information content (AvgIpc) is 2.14. The fraction of sp³-hybridized carbons (Fsp3) is 0. The van der Waals surface area contributed by atoms with E-state index < -0.39 is 0 Å². The first-order valence-corrected chi connectivity index (χ1v) is 3.80. The molecule has 1 aromatic heterocycles. The highest BCUT2D eigenvalue weighted by Gasteiger charge is 2.08. The molecule has 0 bridgehead atoms. The van der Waals surface area contributed by atoms with Crippen LogP contribution in [0.25, 0.3) is 0 Å². The SMILES string of the molecule is Nc1c(Cl)nc(NC=O)nc1NC=O. The van der Waals surface area contributed by atoms with Crippen molar-refractivity contribution in [3.05, 3.63) is 5.15 Å². The van der Waals surface area contributed by atoms with Crippen molar-refractivity contribution in [2.24, 2.45) is 0 Å². The van der Waals surface area contributed by atoms with Gasteiger partial charge < -0.3 is 11.1 Å². The Balaban J connectivity index is 3.12. The molecule has 0 radical (unpaired) electrons. The minimum atomic E-state index is -0.0475. The molecule has 4 N–H and O–H groups in total. The Morgan fingerprint density at radius 3 is 2.43 bits per heavy atom. The highest BCUT2D eigenvalue weighted by molar-refractivity contribution is 6.32. The van der Waals surface area contributed by atoms with Crippen molar-refractivity contribution in [1.82, 2.24) is 9.97 Å². The van der Waals surface area contributed by atoms with E-state index in [9.17, 15) is 9.59 Å². The van der Waals surface area contributed by atoms with Crippen LogP contribution in [0.3, 0.4) is 0 Å². The summed E-state index contributed by atoms with van der Waals surface area (Å²) in [5, 5.41) is 4.35. The summed E-state index contributed by atoms with van der Waals surface area (Å²) in [5.41, 5.74) is 5.48. The first-order chi connectivity index (χ1) is 6.69. The van der Waals surface area contributed by atoms with E-state index in [2.05, 4.69) is 20.6 Å². The van der Waals surface area contributed by atoms with Gasteiger partial charge in [-0.25, -0.2) is 0 Å². The molecule has 1 rings (SSSR count). The molecular weight excluding hydrogens is 210 g/mol. The highest BCUT2D eigenvalue weighted by atomic mass is 35.5. The number of nitrogen functional groups attached to an aromatic ring is 1. The molecule has 8 heteroatoms. The summed E-state index contributed by atoms with van der Waals surface area (Å²) < 4.78 is 0. The summed E-state index contributed by atoms with van der Waals surface area (Å²) in [6, 6.07) is 0. The molecule has 1 aromatic rings. The fourth-order valence-corrected chi connectivity index (χ4v) is 0.895. The van der Waals surface area contributed by atoms with Crippen molar-refractivity contribution in [2.75, 3.05) is 16.4 Å². The van der Waals surface area contributed by atoms with Gasteiger partial charge >= 0.3 is 0 Å². The van der Waals surface area contributed by atoms with E-state index in [0.29, 0.717) is 12.8 Å². The van der Waals surface area contributed by atoms with Crippen molar-refractivity contribution in [2.45, 2.75) is 0 Å². The minimum absolute atomic E-state index is 0.0372. The van der Waals surface area contributed by atoms with Crippen molar-refractivity contribution >= 4 is 41.9 Å². The maximum absolute atomic E-state index is 10.1. The first-order valence-electron chi connectivity index (χ1n) is 3.42. The smallest absolute Gasteiger partial charge is 0.232 e. The molecule has 7 nitrogen and oxygen atoms in total. The highest BCUT2D eigenvalue weighted by Crippen LogP contribution is 2.24. The van der Waals surface area contributed by atoms with Crippen molar-refractivity contribution in [3.8, 4) is 0 Å². The van der Waals surface area contributed by atoms with Gasteiger partial charge in [0.15, 0.2) is 11.0 Å². The molecular formula is C6H6ClN5O2. The third kappa shape index (κ3) is 2.07. The van der Waals surface area contributed by atoms with Crippen LogP contribution in [0.5, 0.6) is 0 Å². The number of amides is 2. The predicted molar refractivity (Wildman–Crippen MR) is 50.8 cm³/mol. The Hall–Kier alpha value is -1.89. The van der Waals surface area contributed by atoms with Crippen LogP contribution < -0.4 is 16.4 Å². The lowest BCUT2D eigenvalue weighted by molar-refractivity contribution is -0.106. The molecule has 0 aliphatic carbocycles. The number of hydrogen-bond acceptors (Lipinski definition) is 5. The summed E-state index contributed by atoms with van der Waals surface area (Å²) in [5.74, 6) is 0.00731. The van der Waals surface area contributed by atoms with E-state index in [0.717, 1.165) is 0 Å². The minimum Gasteiger partial charge on any atom is -0.393 e. The molecule has 0 saturated carbocycles. The Morgan fingerprint density at radius 2 is 1.86 bits per heavy atom. The summed E-state index contributed by atoms with van der Waals surface area (Å²) in [6.45, 7) is 0. The number of carbonyl (C=O) groups is 2. The van der Waals surface area contributed by atoms with Crippen LogP contribution in [0.2, 0.25) is 5.15 Å². The average molecular weight is 216 g/mol. The summed E-state index contributed by atoms with van der Waals surface area (Å²) in [6.07, 6.45) is 0.770. The zero-order valence-electron chi connectivity index (χ0n) is 6.82. The molecule has 14 heavy (non-hydrogen) atoms. The number of rotatable bonds is 4. The van der Waals surface area contributed by atoms with Crippen LogP contribution in [0.1, 0.15) is 0 Å². The normalized spacial score (nSPS) is 9.21. The molecule has 0 aliphatic heterocycles. The van der Waals surface area contributed by atoms with Crippen LogP contribution in [-0.2, 0) is 9.59 Å². The van der Waals surface area contributed by atoms with E-state index in [1.54, 1.807) is 0 Å². The molecule has 0 unspecified atom stereocenters. The van der Waals surface area contributed by atoms with Gasteiger partial charge in [-0.1, -0.05) is 11.6 Å². The number of halogens is 1. The number of aromatic nitrogens is 2. The second-order valence-electron chi connectivity index (χ2n) is 2.12. The van der Waals surface area contributed by atoms with Crippen LogP contribution >= 0.6 is 11.6 Å². The van der Waals surface area contributed by atoms with Crippen LogP contribution in [-0.4, -0.2) is 22.8 Å². The lowest BCUT2D eigenvalue weighted by Gasteiger charge is -2.05. The monoisotopic (exact) mass is 215 g/mol. The molecule has 0 saturated heterocycles. The number of nitrogens with two attached hydrogens (primary N) is 1. The fourth-order valence-electron chi connectivity index (χ4n) is 0.725. The quantitative estimate of drug-likeness (QED) is 0.478. The molecule has 0 aliphatic rings. The van der Waals surface area contributed by atoms with Gasteiger partial charge in [0.25, 0.3) is 0 Å². The lowest BCUT2D eigenvalue weighted by atomic mass is 10.5. The molecule has 0 atom stereocenters. The van der Waals surface area contributed by atoms with E-state index in [1.807, 2.05) is 0 Å². The van der Waals surface area contributed by atoms with E-state index in [-0.39, 0.29) is 22.6 Å². The molecule has 1 heterocycles. The third-order valence-corrected chi connectivity index (χ3v) is 1.57. The third-order valence-electron chi connectivity index (χ3n) is 1.28. The number of hydrogen-bond donors (Lipinski definition) is 3. The first kappa shape index (κ1) is 10.2. The van der Waals surface area contributed by atoms with E-state index in [1.165, 1.54) is 0 Å². The van der Waals surface area contributed by atoms with Gasteiger partial charge in [-0.15, -0.1) is 0 Å². The number of anilines is 3. The molecule has 0 spiro atoms. The second-order valence-corrected chi connectivity index (χ2v) is 2.48. The number of nitrogens with zero attached hydrogens (tertiary/aromatic N) is 2. The number of carbonyl (C=O) groups excluding carboxylic acids is 2. The van der Waals surface area contributed by atoms with Gasteiger partial charge in [0.2, 0.25) is 18.8 Å². The Labute approximate surface area is 83.7 Å². The Morgan fingerprint density at radius 1 is 1.21 bits per heavy atom. The van der Waals surface area contributed by atoms with Crippen LogP contribution in [0, 0.1) is 0 Å². The maximum atomic E-state index is 10.1. The summed E-state index contributed by atoms with van der Waals surface area (Å²) in [7, 11) is 0. The predicted octanol–water partition coefficient (Wildman–Crippen LogP) is -0.151. The van der Waals surface area contributed by atoms with Gasteiger partial charge in [0, 0.05) is 0 Å². The van der Waals surface area contributed by atoms with Gasteiger partial charge in [0.1, 0.15) is 5.69 Å². The standard InChI is InChI=1S/C6H6ClN5O2/c7-4-3(8)5(9-1-13)12-6(11-4)10-2-14/h1-2H,8H2,(H2,9,10,11,12,13,14).